The SMILES string of the molecule is COCCN(C(=O)c1ccc(Cl)c(Br)c1)C(C)C1CC1. The monoisotopic (exact) mass is 359 g/mol. The van der Waals surface area contributed by atoms with Crippen LogP contribution in [0.15, 0.2) is 22.7 Å². The minimum atomic E-state index is 0.0406. The molecule has 0 N–H and O–H groups in total. The molecule has 1 saturated carbocycles. The lowest BCUT2D eigenvalue weighted by Crippen LogP contribution is -2.42. The summed E-state index contributed by atoms with van der Waals surface area (Å²) in [6.45, 7) is 3.29. The third kappa shape index (κ3) is 3.74. The average molecular weight is 361 g/mol. The number of carbonyl (C=O) groups is 1. The molecule has 20 heavy (non-hydrogen) atoms. The fourth-order valence-corrected chi connectivity index (χ4v) is 2.80. The second kappa shape index (κ2) is 6.92. The van der Waals surface area contributed by atoms with Crippen molar-refractivity contribution in [3.8, 4) is 0 Å². The van der Waals surface area contributed by atoms with E-state index in [9.17, 15) is 4.79 Å². The van der Waals surface area contributed by atoms with Crippen LogP contribution in [0.2, 0.25) is 5.02 Å². The molecule has 1 aromatic carbocycles. The van der Waals surface area contributed by atoms with Gasteiger partial charge in [-0.25, -0.2) is 0 Å². The summed E-state index contributed by atoms with van der Waals surface area (Å²) in [4.78, 5) is 14.6. The first kappa shape index (κ1) is 15.8. The van der Waals surface area contributed by atoms with E-state index >= 15 is 0 Å². The highest BCUT2D eigenvalue weighted by Crippen LogP contribution is 2.35. The van der Waals surface area contributed by atoms with E-state index in [-0.39, 0.29) is 11.9 Å². The van der Waals surface area contributed by atoms with Crippen molar-refractivity contribution in [1.82, 2.24) is 4.90 Å². The summed E-state index contributed by atoms with van der Waals surface area (Å²) in [7, 11) is 1.66. The van der Waals surface area contributed by atoms with Crippen molar-refractivity contribution in [2.45, 2.75) is 25.8 Å². The molecule has 0 aromatic heterocycles. The zero-order valence-corrected chi connectivity index (χ0v) is 14.1. The van der Waals surface area contributed by atoms with Crippen LogP contribution in [0.25, 0.3) is 0 Å². The van der Waals surface area contributed by atoms with Crippen molar-refractivity contribution in [3.05, 3.63) is 33.3 Å². The molecular formula is C15H19BrClNO2. The maximum atomic E-state index is 12.7. The van der Waals surface area contributed by atoms with E-state index in [1.54, 1.807) is 25.3 Å². The van der Waals surface area contributed by atoms with E-state index in [2.05, 4.69) is 22.9 Å². The largest absolute Gasteiger partial charge is 0.383 e. The summed E-state index contributed by atoms with van der Waals surface area (Å²) in [6.07, 6.45) is 2.42. The van der Waals surface area contributed by atoms with Gasteiger partial charge in [0.05, 0.1) is 11.6 Å². The van der Waals surface area contributed by atoms with E-state index in [1.807, 2.05) is 4.90 Å². The normalized spacial score (nSPS) is 16.0. The summed E-state index contributed by atoms with van der Waals surface area (Å²) in [5, 5.41) is 0.611. The molecule has 1 amide bonds. The molecule has 0 heterocycles. The number of benzene rings is 1. The van der Waals surface area contributed by atoms with Crippen LogP contribution in [0, 0.1) is 5.92 Å². The summed E-state index contributed by atoms with van der Waals surface area (Å²) in [5.41, 5.74) is 0.657. The molecule has 110 valence electrons. The number of ether oxygens (including phenoxy) is 1. The van der Waals surface area contributed by atoms with Gasteiger partial charge in [0.2, 0.25) is 0 Å². The second-order valence-electron chi connectivity index (χ2n) is 5.20. The summed E-state index contributed by atoms with van der Waals surface area (Å²) in [6, 6.07) is 5.56. The first-order chi connectivity index (χ1) is 9.54. The van der Waals surface area contributed by atoms with Crippen molar-refractivity contribution in [3.63, 3.8) is 0 Å². The molecule has 1 atom stereocenters. The summed E-state index contributed by atoms with van der Waals surface area (Å²) >= 11 is 9.35. The van der Waals surface area contributed by atoms with Crippen LogP contribution in [-0.4, -0.2) is 37.1 Å². The van der Waals surface area contributed by atoms with Crippen molar-refractivity contribution >= 4 is 33.4 Å². The number of rotatable bonds is 6. The highest BCUT2D eigenvalue weighted by molar-refractivity contribution is 9.10. The Balaban J connectivity index is 2.17. The van der Waals surface area contributed by atoms with Gasteiger partial charge in [-0.1, -0.05) is 11.6 Å². The third-order valence-electron chi connectivity index (χ3n) is 3.76. The van der Waals surface area contributed by atoms with Gasteiger partial charge in [0, 0.05) is 29.7 Å². The van der Waals surface area contributed by atoms with Gasteiger partial charge >= 0.3 is 0 Å². The van der Waals surface area contributed by atoms with Crippen LogP contribution >= 0.6 is 27.5 Å². The lowest BCUT2D eigenvalue weighted by Gasteiger charge is -2.29. The van der Waals surface area contributed by atoms with Crippen molar-refractivity contribution < 1.29 is 9.53 Å². The molecule has 1 aliphatic rings. The zero-order valence-electron chi connectivity index (χ0n) is 11.7. The van der Waals surface area contributed by atoms with Crippen LogP contribution in [-0.2, 0) is 4.74 Å². The Morgan fingerprint density at radius 1 is 1.55 bits per heavy atom. The van der Waals surface area contributed by atoms with Crippen molar-refractivity contribution in [1.29, 1.82) is 0 Å². The molecule has 0 spiro atoms. The molecule has 1 unspecified atom stereocenters. The maximum Gasteiger partial charge on any atom is 0.254 e. The van der Waals surface area contributed by atoms with Crippen LogP contribution < -0.4 is 0 Å². The van der Waals surface area contributed by atoms with Gasteiger partial charge in [-0.3, -0.25) is 4.79 Å². The minimum Gasteiger partial charge on any atom is -0.383 e. The molecular weight excluding hydrogens is 342 g/mol. The van der Waals surface area contributed by atoms with Gasteiger partial charge in [0.15, 0.2) is 0 Å². The van der Waals surface area contributed by atoms with Gasteiger partial charge in [-0.05, 0) is 59.8 Å². The second-order valence-corrected chi connectivity index (χ2v) is 6.46. The smallest absolute Gasteiger partial charge is 0.254 e. The summed E-state index contributed by atoms with van der Waals surface area (Å²) < 4.78 is 5.87. The van der Waals surface area contributed by atoms with Gasteiger partial charge < -0.3 is 9.64 Å². The van der Waals surface area contributed by atoms with Gasteiger partial charge in [-0.15, -0.1) is 0 Å². The molecule has 0 saturated heterocycles. The molecule has 3 nitrogen and oxygen atoms in total. The predicted molar refractivity (Wildman–Crippen MR) is 84.3 cm³/mol. The first-order valence-electron chi connectivity index (χ1n) is 6.79. The standard InChI is InChI=1S/C15H19BrClNO2/c1-10(11-3-4-11)18(7-8-20-2)15(19)12-5-6-14(17)13(16)9-12/h5-6,9-11H,3-4,7-8H2,1-2H3. The lowest BCUT2D eigenvalue weighted by atomic mass is 10.1. The minimum absolute atomic E-state index is 0.0406. The number of hydrogen-bond acceptors (Lipinski definition) is 2. The van der Waals surface area contributed by atoms with Gasteiger partial charge in [-0.2, -0.15) is 0 Å². The molecule has 1 aromatic rings. The van der Waals surface area contributed by atoms with E-state index < -0.39 is 0 Å². The van der Waals surface area contributed by atoms with Crippen molar-refractivity contribution in [2.75, 3.05) is 20.3 Å². The highest BCUT2D eigenvalue weighted by Gasteiger charge is 2.34. The fourth-order valence-electron chi connectivity index (χ4n) is 2.31. The molecule has 2 rings (SSSR count). The van der Waals surface area contributed by atoms with Gasteiger partial charge in [0.1, 0.15) is 0 Å². The number of amides is 1. The zero-order chi connectivity index (χ0) is 14.7. The number of halogens is 2. The van der Waals surface area contributed by atoms with Crippen LogP contribution in [0.4, 0.5) is 0 Å². The topological polar surface area (TPSA) is 29.5 Å². The molecule has 1 fully saturated rings. The molecule has 5 heteroatoms. The Morgan fingerprint density at radius 3 is 2.80 bits per heavy atom. The number of nitrogens with zero attached hydrogens (tertiary/aromatic N) is 1. The Labute approximate surface area is 133 Å². The highest BCUT2D eigenvalue weighted by atomic mass is 79.9. The Kier molecular flexibility index (Phi) is 5.47. The third-order valence-corrected chi connectivity index (χ3v) is 4.97. The van der Waals surface area contributed by atoms with Gasteiger partial charge in [0.25, 0.3) is 5.91 Å². The quantitative estimate of drug-likeness (QED) is 0.767. The number of hydrogen-bond donors (Lipinski definition) is 0. The number of carbonyl (C=O) groups excluding carboxylic acids is 1. The average Bonchev–Trinajstić information content (AvgIpc) is 3.26. The van der Waals surface area contributed by atoms with Crippen LogP contribution in [0.3, 0.4) is 0 Å². The maximum absolute atomic E-state index is 12.7. The van der Waals surface area contributed by atoms with E-state index in [0.717, 1.165) is 4.47 Å². The lowest BCUT2D eigenvalue weighted by molar-refractivity contribution is 0.0594. The Morgan fingerprint density at radius 2 is 2.25 bits per heavy atom. The van der Waals surface area contributed by atoms with E-state index in [0.29, 0.717) is 29.7 Å². The molecule has 0 radical (unpaired) electrons. The molecule has 0 aliphatic heterocycles. The van der Waals surface area contributed by atoms with E-state index in [4.69, 9.17) is 16.3 Å². The summed E-state index contributed by atoms with van der Waals surface area (Å²) in [5.74, 6) is 0.672. The first-order valence-corrected chi connectivity index (χ1v) is 7.96. The van der Waals surface area contributed by atoms with E-state index in [1.165, 1.54) is 12.8 Å². The van der Waals surface area contributed by atoms with Crippen LogP contribution in [0.5, 0.6) is 0 Å². The fraction of sp³-hybridized carbons (Fsp3) is 0.533. The van der Waals surface area contributed by atoms with Crippen molar-refractivity contribution in [2.24, 2.45) is 5.92 Å². The number of methoxy groups -OCH3 is 1. The Hall–Kier alpha value is -0.580. The molecule has 1 aliphatic carbocycles. The molecule has 0 bridgehead atoms. The van der Waals surface area contributed by atoms with Crippen LogP contribution in [0.1, 0.15) is 30.1 Å². The Bertz CT molecular complexity index is 491. The predicted octanol–water partition coefficient (Wildman–Crippen LogP) is 3.99.